The highest BCUT2D eigenvalue weighted by Crippen LogP contribution is 1.95. The molecule has 1 unspecified atom stereocenters. The summed E-state index contributed by atoms with van der Waals surface area (Å²) < 4.78 is 1.93. The Balaban J connectivity index is 2.98. The highest BCUT2D eigenvalue weighted by atomic mass is 31.0. The van der Waals surface area contributed by atoms with Crippen LogP contribution in [0.2, 0.25) is 0 Å². The van der Waals surface area contributed by atoms with Crippen LogP contribution in [0.4, 0.5) is 0 Å². The van der Waals surface area contributed by atoms with E-state index < -0.39 is 0 Å². The van der Waals surface area contributed by atoms with Crippen LogP contribution in [0.1, 0.15) is 12.5 Å². The van der Waals surface area contributed by atoms with Gasteiger partial charge in [0.15, 0.2) is 0 Å². The molecular weight excluding hydrogens is 131 g/mol. The molecule has 50 valence electrons. The van der Waals surface area contributed by atoms with Crippen LogP contribution in [-0.2, 0) is 6.54 Å². The zero-order chi connectivity index (χ0) is 6.85. The van der Waals surface area contributed by atoms with E-state index in [0.717, 1.165) is 12.0 Å². The fourth-order valence-electron chi connectivity index (χ4n) is 0.698. The molecule has 0 spiro atoms. The second-order valence-corrected chi connectivity index (χ2v) is 2.60. The predicted octanol–water partition coefficient (Wildman–Crippen LogP) is 0.712. The lowest BCUT2D eigenvalue weighted by atomic mass is 10.4. The summed E-state index contributed by atoms with van der Waals surface area (Å²) in [5.74, 6) is 0. The molecule has 9 heavy (non-hydrogen) atoms. The molecule has 0 aliphatic heterocycles. The van der Waals surface area contributed by atoms with E-state index in [9.17, 15) is 0 Å². The minimum absolute atomic E-state index is 0.954. The van der Waals surface area contributed by atoms with Gasteiger partial charge in [-0.3, -0.25) is 4.68 Å². The molecule has 3 heteroatoms. The molecule has 1 aromatic heterocycles. The van der Waals surface area contributed by atoms with Gasteiger partial charge in [0.1, 0.15) is 0 Å². The standard InChI is InChI=1S/C6H11N2P/c1-3-8-4-5(2)6(9)7-8/h4H,3,9H2,1-2H3. The Morgan fingerprint density at radius 3 is 2.67 bits per heavy atom. The normalized spacial score (nSPS) is 10.1. The van der Waals surface area contributed by atoms with Gasteiger partial charge in [0, 0.05) is 12.7 Å². The van der Waals surface area contributed by atoms with Crippen molar-refractivity contribution in [1.29, 1.82) is 0 Å². The summed E-state index contributed by atoms with van der Waals surface area (Å²) >= 11 is 0. The van der Waals surface area contributed by atoms with Crippen molar-refractivity contribution >= 4 is 14.7 Å². The van der Waals surface area contributed by atoms with Gasteiger partial charge < -0.3 is 0 Å². The number of rotatable bonds is 1. The maximum atomic E-state index is 4.21. The second kappa shape index (κ2) is 2.49. The summed E-state index contributed by atoms with van der Waals surface area (Å²) in [5, 5.41) is 4.21. The van der Waals surface area contributed by atoms with E-state index >= 15 is 0 Å². The van der Waals surface area contributed by atoms with Crippen molar-refractivity contribution in [1.82, 2.24) is 9.78 Å². The van der Waals surface area contributed by atoms with Crippen molar-refractivity contribution in [3.05, 3.63) is 11.8 Å². The zero-order valence-corrected chi connectivity index (χ0v) is 6.91. The molecule has 0 radical (unpaired) electrons. The van der Waals surface area contributed by atoms with Crippen LogP contribution < -0.4 is 5.44 Å². The smallest absolute Gasteiger partial charge is 0.0817 e. The van der Waals surface area contributed by atoms with E-state index in [0.29, 0.717) is 0 Å². The van der Waals surface area contributed by atoms with Crippen LogP contribution in [0.3, 0.4) is 0 Å². The molecule has 1 heterocycles. The average molecular weight is 142 g/mol. The molecule has 0 aliphatic rings. The SMILES string of the molecule is CCn1cc(C)c(P)n1. The largest absolute Gasteiger partial charge is 0.272 e. The first-order valence-electron chi connectivity index (χ1n) is 3.03. The number of aromatic nitrogens is 2. The lowest BCUT2D eigenvalue weighted by Gasteiger charge is -1.89. The molecule has 0 N–H and O–H groups in total. The summed E-state index contributed by atoms with van der Waals surface area (Å²) in [5.41, 5.74) is 2.29. The third-order valence-electron chi connectivity index (χ3n) is 1.31. The molecule has 0 aliphatic carbocycles. The fourth-order valence-corrected chi connectivity index (χ4v) is 0.921. The third kappa shape index (κ3) is 1.31. The maximum absolute atomic E-state index is 4.21. The molecule has 0 saturated heterocycles. The van der Waals surface area contributed by atoms with E-state index in [4.69, 9.17) is 0 Å². The van der Waals surface area contributed by atoms with Crippen molar-refractivity contribution in [3.8, 4) is 0 Å². The first-order valence-corrected chi connectivity index (χ1v) is 3.61. The Morgan fingerprint density at radius 2 is 2.44 bits per heavy atom. The van der Waals surface area contributed by atoms with Crippen molar-refractivity contribution in [2.75, 3.05) is 0 Å². The van der Waals surface area contributed by atoms with Crippen molar-refractivity contribution < 1.29 is 0 Å². The van der Waals surface area contributed by atoms with Gasteiger partial charge in [0.2, 0.25) is 0 Å². The van der Waals surface area contributed by atoms with E-state index in [2.05, 4.69) is 28.2 Å². The molecule has 0 aromatic carbocycles. The Bertz CT molecular complexity index is 185. The van der Waals surface area contributed by atoms with Gasteiger partial charge in [-0.2, -0.15) is 5.10 Å². The van der Waals surface area contributed by atoms with E-state index in [1.54, 1.807) is 0 Å². The van der Waals surface area contributed by atoms with Gasteiger partial charge in [-0.15, -0.1) is 0 Å². The second-order valence-electron chi connectivity index (χ2n) is 2.05. The van der Waals surface area contributed by atoms with E-state index in [1.807, 2.05) is 10.9 Å². The topological polar surface area (TPSA) is 17.8 Å². The highest BCUT2D eigenvalue weighted by molar-refractivity contribution is 7.27. The average Bonchev–Trinajstić information content (AvgIpc) is 2.13. The van der Waals surface area contributed by atoms with Gasteiger partial charge >= 0.3 is 0 Å². The molecule has 0 fully saturated rings. The van der Waals surface area contributed by atoms with Gasteiger partial charge in [0.05, 0.1) is 5.44 Å². The van der Waals surface area contributed by atoms with Crippen LogP contribution >= 0.6 is 9.24 Å². The van der Waals surface area contributed by atoms with E-state index in [1.165, 1.54) is 5.56 Å². The lowest BCUT2D eigenvalue weighted by Crippen LogP contribution is -1.99. The lowest BCUT2D eigenvalue weighted by molar-refractivity contribution is 0.665. The number of hydrogen-bond acceptors (Lipinski definition) is 1. The minimum atomic E-state index is 0.954. The summed E-state index contributed by atoms with van der Waals surface area (Å²) in [6, 6.07) is 0. The van der Waals surface area contributed by atoms with Gasteiger partial charge in [-0.1, -0.05) is 9.24 Å². The highest BCUT2D eigenvalue weighted by Gasteiger charge is 1.95. The van der Waals surface area contributed by atoms with Crippen molar-refractivity contribution in [3.63, 3.8) is 0 Å². The summed E-state index contributed by atoms with van der Waals surface area (Å²) in [7, 11) is 2.61. The first kappa shape index (κ1) is 6.76. The Kier molecular flexibility index (Phi) is 1.87. The van der Waals surface area contributed by atoms with Crippen LogP contribution in [0.15, 0.2) is 6.20 Å². The molecule has 2 nitrogen and oxygen atoms in total. The molecule has 0 saturated carbocycles. The zero-order valence-electron chi connectivity index (χ0n) is 5.76. The monoisotopic (exact) mass is 142 g/mol. The fraction of sp³-hybridized carbons (Fsp3) is 0.500. The first-order chi connectivity index (χ1) is 4.24. The molecule has 1 atom stereocenters. The van der Waals surface area contributed by atoms with E-state index in [-0.39, 0.29) is 0 Å². The molecule has 1 aromatic rings. The summed E-state index contributed by atoms with van der Waals surface area (Å²) in [6.45, 7) is 5.09. The van der Waals surface area contributed by atoms with Gasteiger partial charge in [-0.25, -0.2) is 0 Å². The summed E-state index contributed by atoms with van der Waals surface area (Å²) in [4.78, 5) is 0. The molecular formula is C6H11N2P. The molecule has 0 bridgehead atoms. The van der Waals surface area contributed by atoms with Crippen LogP contribution in [0, 0.1) is 6.92 Å². The van der Waals surface area contributed by atoms with Crippen molar-refractivity contribution in [2.24, 2.45) is 0 Å². The molecule has 1 rings (SSSR count). The number of aryl methyl sites for hydroxylation is 2. The Hall–Kier alpha value is -0.360. The number of nitrogens with zero attached hydrogens (tertiary/aromatic N) is 2. The van der Waals surface area contributed by atoms with Crippen LogP contribution in [0.5, 0.6) is 0 Å². The Morgan fingerprint density at radius 1 is 1.78 bits per heavy atom. The molecule has 0 amide bonds. The number of hydrogen-bond donors (Lipinski definition) is 0. The van der Waals surface area contributed by atoms with Crippen LogP contribution in [-0.4, -0.2) is 9.78 Å². The summed E-state index contributed by atoms with van der Waals surface area (Å²) in [6.07, 6.45) is 2.04. The minimum Gasteiger partial charge on any atom is -0.272 e. The van der Waals surface area contributed by atoms with Gasteiger partial charge in [-0.05, 0) is 19.4 Å². The predicted molar refractivity (Wildman–Crippen MR) is 42.0 cm³/mol. The third-order valence-corrected chi connectivity index (χ3v) is 1.88. The Labute approximate surface area is 57.5 Å². The van der Waals surface area contributed by atoms with Crippen LogP contribution in [0.25, 0.3) is 0 Å². The maximum Gasteiger partial charge on any atom is 0.0817 e. The quantitative estimate of drug-likeness (QED) is 0.528. The van der Waals surface area contributed by atoms with Crippen molar-refractivity contribution in [2.45, 2.75) is 20.4 Å². The van der Waals surface area contributed by atoms with Gasteiger partial charge in [0.25, 0.3) is 0 Å².